The van der Waals surface area contributed by atoms with Crippen LogP contribution in [0.25, 0.3) is 0 Å². The quantitative estimate of drug-likeness (QED) is 0.173. The molecule has 0 aliphatic carbocycles. The van der Waals surface area contributed by atoms with Crippen molar-refractivity contribution in [3.63, 3.8) is 0 Å². The number of hydrogen-bond acceptors (Lipinski definition) is 14. The Kier molecular flexibility index (Phi) is 8.56. The number of aliphatic hydroxyl groups excluding tert-OH is 9. The highest BCUT2D eigenvalue weighted by atomic mass is 16.7. The van der Waals surface area contributed by atoms with Gasteiger partial charge in [0.25, 0.3) is 0 Å². The molecule has 3 rings (SSSR count). The van der Waals surface area contributed by atoms with Gasteiger partial charge in [-0.15, -0.1) is 0 Å². The predicted octanol–water partition coefficient (Wildman–Crippen LogP) is -6.25. The second kappa shape index (κ2) is 10.6. The third kappa shape index (κ3) is 5.18. The van der Waals surface area contributed by atoms with Crippen molar-refractivity contribution in [2.75, 3.05) is 26.4 Å². The normalized spacial score (nSPS) is 51.2. The third-order valence-electron chi connectivity index (χ3n) is 5.64. The molecule has 14 nitrogen and oxygen atoms in total. The molecule has 14 heteroatoms. The summed E-state index contributed by atoms with van der Waals surface area (Å²) in [4.78, 5) is 0. The first-order valence-electron chi connectivity index (χ1n) is 9.87. The Morgan fingerprint density at radius 1 is 0.645 bits per heavy atom. The minimum Gasteiger partial charge on any atom is -0.394 e. The monoisotopic (exact) mass is 458 g/mol. The summed E-state index contributed by atoms with van der Waals surface area (Å²) in [5.41, 5.74) is 0. The maximum atomic E-state index is 10.5. The minimum absolute atomic E-state index is 0.0971. The van der Waals surface area contributed by atoms with Gasteiger partial charge in [0.1, 0.15) is 67.1 Å². The van der Waals surface area contributed by atoms with E-state index in [4.69, 9.17) is 23.7 Å². The van der Waals surface area contributed by atoms with E-state index in [2.05, 4.69) is 0 Å². The summed E-state index contributed by atoms with van der Waals surface area (Å²) in [5, 5.41) is 88.8. The van der Waals surface area contributed by atoms with Crippen LogP contribution in [0.3, 0.4) is 0 Å². The molecule has 0 aromatic rings. The Morgan fingerprint density at radius 3 is 1.84 bits per heavy atom. The lowest BCUT2D eigenvalue weighted by Crippen LogP contribution is -2.64. The second-order valence-corrected chi connectivity index (χ2v) is 7.77. The molecule has 0 bridgehead atoms. The molecule has 0 spiro atoms. The van der Waals surface area contributed by atoms with E-state index in [1.165, 1.54) is 0 Å². The Hall–Kier alpha value is -0.560. The van der Waals surface area contributed by atoms with Gasteiger partial charge in [0.15, 0.2) is 12.6 Å². The van der Waals surface area contributed by atoms with Crippen molar-refractivity contribution < 1.29 is 69.6 Å². The van der Waals surface area contributed by atoms with Gasteiger partial charge >= 0.3 is 0 Å². The molecular weight excluding hydrogens is 428 g/mol. The van der Waals surface area contributed by atoms with Crippen LogP contribution in [0.5, 0.6) is 0 Å². The van der Waals surface area contributed by atoms with E-state index in [1.54, 1.807) is 0 Å². The first-order chi connectivity index (χ1) is 14.7. The molecule has 9 N–H and O–H groups in total. The molecule has 182 valence electrons. The number of ether oxygens (including phenoxy) is 5. The van der Waals surface area contributed by atoms with E-state index < -0.39 is 92.9 Å². The molecule has 3 fully saturated rings. The average molecular weight is 458 g/mol. The first kappa shape index (κ1) is 25.1. The van der Waals surface area contributed by atoms with Crippen LogP contribution in [0.15, 0.2) is 0 Å². The highest BCUT2D eigenvalue weighted by Gasteiger charge is 2.51. The lowest BCUT2D eigenvalue weighted by Gasteiger charge is -2.46. The van der Waals surface area contributed by atoms with Crippen LogP contribution in [-0.4, -0.2) is 152 Å². The van der Waals surface area contributed by atoms with Crippen molar-refractivity contribution in [1.29, 1.82) is 0 Å². The fourth-order valence-corrected chi connectivity index (χ4v) is 3.70. The zero-order valence-electron chi connectivity index (χ0n) is 16.4. The summed E-state index contributed by atoms with van der Waals surface area (Å²) in [6.07, 6.45) is -18.7. The van der Waals surface area contributed by atoms with E-state index in [0.717, 1.165) is 0 Å². The van der Waals surface area contributed by atoms with Gasteiger partial charge < -0.3 is 69.6 Å². The van der Waals surface area contributed by atoms with E-state index in [0.29, 0.717) is 0 Å². The molecule has 8 unspecified atom stereocenters. The maximum Gasteiger partial charge on any atom is 0.187 e. The molecule has 0 radical (unpaired) electrons. The zero-order valence-corrected chi connectivity index (χ0v) is 16.4. The van der Waals surface area contributed by atoms with E-state index in [9.17, 15) is 46.0 Å². The second-order valence-electron chi connectivity index (χ2n) is 7.77. The highest BCUT2D eigenvalue weighted by molar-refractivity contribution is 4.94. The SMILES string of the molecule is OCC1O[C@@H](O[C@@H]2C(CO)O[C@@H](OC[C@H]3OCC(O)C3O)C(O)C2O)C(O)C(O)[C@H]1O. The van der Waals surface area contributed by atoms with Gasteiger partial charge in [0.05, 0.1) is 26.4 Å². The molecule has 3 aliphatic heterocycles. The minimum atomic E-state index is -1.76. The van der Waals surface area contributed by atoms with Crippen LogP contribution < -0.4 is 0 Å². The summed E-state index contributed by atoms with van der Waals surface area (Å²) < 4.78 is 26.6. The fourth-order valence-electron chi connectivity index (χ4n) is 3.70. The Balaban J connectivity index is 1.62. The molecular formula is C17H30O14. The summed E-state index contributed by atoms with van der Waals surface area (Å²) in [7, 11) is 0. The molecule has 3 saturated heterocycles. The van der Waals surface area contributed by atoms with Crippen molar-refractivity contribution >= 4 is 0 Å². The lowest BCUT2D eigenvalue weighted by atomic mass is 9.97. The average Bonchev–Trinajstić information content (AvgIpc) is 3.08. The number of hydrogen-bond donors (Lipinski definition) is 9. The van der Waals surface area contributed by atoms with Crippen molar-refractivity contribution in [3.05, 3.63) is 0 Å². The van der Waals surface area contributed by atoms with Crippen molar-refractivity contribution in [2.24, 2.45) is 0 Å². The largest absolute Gasteiger partial charge is 0.394 e. The van der Waals surface area contributed by atoms with Crippen LogP contribution >= 0.6 is 0 Å². The topological polar surface area (TPSA) is 228 Å². The standard InChI is InChI=1S/C17H30O14/c18-1-6-10(22)11(23)13(25)17(29-6)31-15-7(2-19)30-16(14(26)12(15)24)28-4-8-9(21)5(20)3-27-8/h5-26H,1-4H2/t5?,6?,7?,8-,9?,10+,11?,12?,13?,14?,15-,16-,17+/m1/s1. The van der Waals surface area contributed by atoms with Gasteiger partial charge in [-0.25, -0.2) is 0 Å². The van der Waals surface area contributed by atoms with Crippen LogP contribution in [0.4, 0.5) is 0 Å². The Morgan fingerprint density at radius 2 is 1.26 bits per heavy atom. The van der Waals surface area contributed by atoms with E-state index >= 15 is 0 Å². The fraction of sp³-hybridized carbons (Fsp3) is 1.00. The van der Waals surface area contributed by atoms with Crippen LogP contribution in [0, 0.1) is 0 Å². The third-order valence-corrected chi connectivity index (χ3v) is 5.64. The lowest BCUT2D eigenvalue weighted by molar-refractivity contribution is -0.360. The first-order valence-corrected chi connectivity index (χ1v) is 9.87. The molecule has 13 atom stereocenters. The van der Waals surface area contributed by atoms with Gasteiger partial charge in [-0.2, -0.15) is 0 Å². The summed E-state index contributed by atoms with van der Waals surface area (Å²) in [6.45, 7) is -1.78. The molecule has 31 heavy (non-hydrogen) atoms. The zero-order chi connectivity index (χ0) is 22.9. The summed E-state index contributed by atoms with van der Waals surface area (Å²) >= 11 is 0. The smallest absolute Gasteiger partial charge is 0.187 e. The summed E-state index contributed by atoms with van der Waals surface area (Å²) in [5.74, 6) is 0. The van der Waals surface area contributed by atoms with Gasteiger partial charge in [0, 0.05) is 0 Å². The number of rotatable bonds is 7. The van der Waals surface area contributed by atoms with Crippen molar-refractivity contribution in [1.82, 2.24) is 0 Å². The predicted molar refractivity (Wildman–Crippen MR) is 94.1 cm³/mol. The van der Waals surface area contributed by atoms with Crippen molar-refractivity contribution in [3.8, 4) is 0 Å². The van der Waals surface area contributed by atoms with Gasteiger partial charge in [0.2, 0.25) is 0 Å². The number of aliphatic hydroxyl groups is 9. The van der Waals surface area contributed by atoms with Crippen LogP contribution in [0.1, 0.15) is 0 Å². The Bertz CT molecular complexity index is 563. The van der Waals surface area contributed by atoms with Gasteiger partial charge in [-0.1, -0.05) is 0 Å². The maximum absolute atomic E-state index is 10.5. The van der Waals surface area contributed by atoms with E-state index in [-0.39, 0.29) is 13.2 Å². The molecule has 0 aromatic carbocycles. The van der Waals surface area contributed by atoms with Crippen LogP contribution in [-0.2, 0) is 23.7 Å². The Labute approximate surface area is 176 Å². The molecule has 3 aliphatic rings. The molecule has 0 amide bonds. The van der Waals surface area contributed by atoms with Crippen molar-refractivity contribution in [2.45, 2.75) is 79.7 Å². The highest BCUT2D eigenvalue weighted by Crippen LogP contribution is 2.30. The van der Waals surface area contributed by atoms with E-state index in [1.807, 2.05) is 0 Å². The molecule has 3 heterocycles. The molecule has 0 saturated carbocycles. The molecule has 0 aromatic heterocycles. The summed E-state index contributed by atoms with van der Waals surface area (Å²) in [6, 6.07) is 0. The van der Waals surface area contributed by atoms with Gasteiger partial charge in [-0.05, 0) is 0 Å². The van der Waals surface area contributed by atoms with Gasteiger partial charge in [-0.3, -0.25) is 0 Å². The van der Waals surface area contributed by atoms with Crippen LogP contribution in [0.2, 0.25) is 0 Å².